The Balaban J connectivity index is -0.000000407. The number of hydrogen-bond acceptors (Lipinski definition) is 0. The van der Waals surface area contributed by atoms with Crippen LogP contribution >= 0.6 is 0 Å². The van der Waals surface area contributed by atoms with Gasteiger partial charge in [-0.2, -0.15) is 0 Å². The van der Waals surface area contributed by atoms with Crippen LogP contribution < -0.4 is 0 Å². The van der Waals surface area contributed by atoms with Crippen LogP contribution in [0, 0.1) is 42.9 Å². The molecule has 0 unspecified atom stereocenters. The van der Waals surface area contributed by atoms with E-state index in [1.165, 1.54) is 0 Å². The maximum atomic E-state index is 7.50. The summed E-state index contributed by atoms with van der Waals surface area (Å²) in [7, 11) is -2.94. The average Bonchev–Trinajstić information content (AvgIpc) is 2.61. The van der Waals surface area contributed by atoms with Gasteiger partial charge in [0, 0.05) is 28.2 Å². The largest absolute Gasteiger partial charge is 0 e. The first-order chi connectivity index (χ1) is 13.0. The van der Waals surface area contributed by atoms with E-state index in [4.69, 9.17) is 14.0 Å². The van der Waals surface area contributed by atoms with E-state index in [1.54, 1.807) is 0 Å². The van der Waals surface area contributed by atoms with Crippen molar-refractivity contribution in [2.45, 2.75) is 77.8 Å². The minimum Gasteiger partial charge on any atom is 0 e. The third-order valence-electron chi connectivity index (χ3n) is 4.56. The first kappa shape index (κ1) is 35.2. The summed E-state index contributed by atoms with van der Waals surface area (Å²) in [4.78, 5) is 0. The van der Waals surface area contributed by atoms with Crippen LogP contribution in [-0.4, -0.2) is 16.1 Å². The molecule has 0 aromatic carbocycles. The van der Waals surface area contributed by atoms with Crippen molar-refractivity contribution in [3.05, 3.63) is 43.2 Å². The molecule has 29 heavy (non-hydrogen) atoms. The molecular formula is C23H32FeO3Si2. The van der Waals surface area contributed by atoms with Crippen LogP contribution in [0.25, 0.3) is 0 Å². The molecule has 0 amide bonds. The second kappa shape index (κ2) is 17.6. The third kappa shape index (κ3) is 11.5. The fourth-order valence-electron chi connectivity index (χ4n) is 3.33. The van der Waals surface area contributed by atoms with Crippen molar-refractivity contribution in [1.29, 1.82) is 0 Å². The molecule has 0 aromatic rings. The van der Waals surface area contributed by atoms with Crippen LogP contribution in [0.3, 0.4) is 0 Å². The summed E-state index contributed by atoms with van der Waals surface area (Å²) in [6.45, 7) is 34.5. The fraction of sp³-hybridized carbons (Fsp3) is 0.522. The third-order valence-corrected chi connectivity index (χ3v) is 11.7. The van der Waals surface area contributed by atoms with Crippen molar-refractivity contribution in [2.75, 3.05) is 0 Å². The predicted molar refractivity (Wildman–Crippen MR) is 118 cm³/mol. The molecule has 1 rings (SSSR count). The Morgan fingerprint density at radius 1 is 0.655 bits per heavy atom. The molecular weight excluding hydrogens is 436 g/mol. The van der Waals surface area contributed by atoms with Gasteiger partial charge in [-0.15, -0.1) is 11.1 Å². The molecule has 0 radical (unpaired) electrons. The second-order valence-electron chi connectivity index (χ2n) is 8.31. The zero-order valence-electron chi connectivity index (χ0n) is 19.0. The molecule has 1 aliphatic carbocycles. The summed E-state index contributed by atoms with van der Waals surface area (Å²) < 4.78 is 22.5. The van der Waals surface area contributed by atoms with E-state index in [0.29, 0.717) is 16.6 Å². The first-order valence-corrected chi connectivity index (χ1v) is 14.8. The molecule has 1 aliphatic rings. The molecule has 0 atom stereocenters. The van der Waals surface area contributed by atoms with Gasteiger partial charge in [0.2, 0.25) is 0 Å². The molecule has 0 fully saturated rings. The van der Waals surface area contributed by atoms with Gasteiger partial charge in [0.05, 0.1) is 0 Å². The Hall–Kier alpha value is -1.23. The van der Waals surface area contributed by atoms with Gasteiger partial charge in [-0.05, 0) is 28.8 Å². The van der Waals surface area contributed by atoms with E-state index in [-0.39, 0.29) is 17.1 Å². The van der Waals surface area contributed by atoms with E-state index >= 15 is 0 Å². The molecule has 3 nitrogen and oxygen atoms in total. The van der Waals surface area contributed by atoms with Crippen LogP contribution in [0.15, 0.2) is 23.3 Å². The van der Waals surface area contributed by atoms with Crippen molar-refractivity contribution in [3.63, 3.8) is 0 Å². The van der Waals surface area contributed by atoms with Gasteiger partial charge in [0.1, 0.15) is 16.1 Å². The predicted octanol–water partition coefficient (Wildman–Crippen LogP) is 5.84. The smallest absolute Gasteiger partial charge is 0 e. The zero-order chi connectivity index (χ0) is 23.1. The maximum Gasteiger partial charge on any atom is 0 e. The molecule has 0 heterocycles. The zero-order valence-corrected chi connectivity index (χ0v) is 22.1. The van der Waals surface area contributed by atoms with Crippen molar-refractivity contribution in [1.82, 2.24) is 0 Å². The van der Waals surface area contributed by atoms with Gasteiger partial charge in [-0.25, -0.2) is 0 Å². The van der Waals surface area contributed by atoms with Crippen molar-refractivity contribution >= 4 is 16.1 Å². The average molecular weight is 469 g/mol. The summed E-state index contributed by atoms with van der Waals surface area (Å²) in [5.74, 6) is 6.86. The second-order valence-corrected chi connectivity index (χ2v) is 18.6. The Labute approximate surface area is 190 Å². The minimum atomic E-state index is -1.63. The van der Waals surface area contributed by atoms with Gasteiger partial charge in [0.15, 0.2) is 0 Å². The quantitative estimate of drug-likeness (QED) is 0.216. The molecule has 0 bridgehead atoms. The van der Waals surface area contributed by atoms with Gasteiger partial charge < -0.3 is 0 Å². The van der Waals surface area contributed by atoms with Gasteiger partial charge in [0.25, 0.3) is 0 Å². The van der Waals surface area contributed by atoms with E-state index in [2.05, 4.69) is 116 Å². The van der Waals surface area contributed by atoms with Crippen LogP contribution in [0.5, 0.6) is 0 Å². The number of hydrogen-bond donors (Lipinski definition) is 0. The fourth-order valence-corrected chi connectivity index (χ4v) is 9.06. The van der Waals surface area contributed by atoms with Crippen LogP contribution in [0.1, 0.15) is 41.5 Å². The monoisotopic (exact) mass is 468 g/mol. The summed E-state index contributed by atoms with van der Waals surface area (Å²) >= 11 is 0. The Bertz CT molecular complexity index is 690. The van der Waals surface area contributed by atoms with E-state index in [9.17, 15) is 0 Å². The SMILES string of the molecule is CC(C)[Si](C#CC1=C(C#C[Si](C)(C)C)C=C1)(C(C)C)C(C)C.[C-]#[O+].[C-]#[O+].[C-]#[O+].[Fe]. The maximum absolute atomic E-state index is 7.50. The summed E-state index contributed by atoms with van der Waals surface area (Å²) in [6, 6.07) is 0. The summed E-state index contributed by atoms with van der Waals surface area (Å²) in [6.07, 6.45) is 4.24. The molecule has 0 aliphatic heterocycles. The molecule has 0 N–H and O–H groups in total. The van der Waals surface area contributed by atoms with Crippen LogP contribution in [-0.2, 0) is 31.0 Å². The molecule has 0 saturated heterocycles. The molecule has 158 valence electrons. The molecule has 6 heteroatoms. The number of allylic oxidation sites excluding steroid dienone is 4. The summed E-state index contributed by atoms with van der Waals surface area (Å²) in [5, 5.41) is 0. The molecule has 0 aromatic heterocycles. The van der Waals surface area contributed by atoms with Gasteiger partial charge in [-0.3, -0.25) is 0 Å². The van der Waals surface area contributed by atoms with Gasteiger partial charge in [-0.1, -0.05) is 73.0 Å². The Morgan fingerprint density at radius 2 is 0.931 bits per heavy atom. The first-order valence-electron chi connectivity index (χ1n) is 9.10. The van der Waals surface area contributed by atoms with Crippen molar-refractivity contribution in [3.8, 4) is 22.9 Å². The van der Waals surface area contributed by atoms with E-state index < -0.39 is 16.1 Å². The van der Waals surface area contributed by atoms with E-state index in [0.717, 1.165) is 11.1 Å². The normalized spacial score (nSPS) is 11.4. The van der Waals surface area contributed by atoms with E-state index in [1.807, 2.05) is 0 Å². The van der Waals surface area contributed by atoms with Crippen LogP contribution in [0.2, 0.25) is 36.3 Å². The van der Waals surface area contributed by atoms with Crippen molar-refractivity contribution in [2.24, 2.45) is 0 Å². The molecule has 0 saturated carbocycles. The topological polar surface area (TPSA) is 59.7 Å². The van der Waals surface area contributed by atoms with Crippen molar-refractivity contribution < 1.29 is 31.0 Å². The minimum absolute atomic E-state index is 0. The summed E-state index contributed by atoms with van der Waals surface area (Å²) in [5.41, 5.74) is 11.6. The standard InChI is InChI=1S/C20H32Si2.3CO.Fe/c1-16(2)22(17(3)4,18(5)6)15-13-20-11-10-19(20)12-14-21(7,8)9;3*1-2;/h10-11,16-18H,1-9H3;;;;. The van der Waals surface area contributed by atoms with Crippen LogP contribution in [0.4, 0.5) is 0 Å². The Kier molecular flexibility index (Phi) is 21.4. The molecule has 0 spiro atoms. The number of rotatable bonds is 3. The Morgan fingerprint density at radius 3 is 1.14 bits per heavy atom. The van der Waals surface area contributed by atoms with Gasteiger partial charge >= 0.3 is 33.9 Å².